The topological polar surface area (TPSA) is 79.9 Å². The van der Waals surface area contributed by atoms with Crippen LogP contribution in [0.2, 0.25) is 0 Å². The number of hydrazine groups is 1. The number of hydrogen-bond donors (Lipinski definition) is 2. The summed E-state index contributed by atoms with van der Waals surface area (Å²) in [5.74, 6) is -2.49. The Hall–Kier alpha value is -2.58. The van der Waals surface area contributed by atoms with Crippen LogP contribution < -0.4 is 15.5 Å². The number of hydrogen-bond acceptors (Lipinski definition) is 4. The van der Waals surface area contributed by atoms with Gasteiger partial charge in [0, 0.05) is 24.9 Å². The first kappa shape index (κ1) is 18.5. The van der Waals surface area contributed by atoms with Gasteiger partial charge in [-0.2, -0.15) is 0 Å². The van der Waals surface area contributed by atoms with E-state index in [2.05, 4.69) is 15.5 Å². The third-order valence-corrected chi connectivity index (χ3v) is 2.40. The fourth-order valence-electron chi connectivity index (χ4n) is 1.51. The van der Waals surface area contributed by atoms with Crippen molar-refractivity contribution >= 4 is 17.8 Å². The fraction of sp³-hybridized carbons (Fsp3) is 0.429. The minimum Gasteiger partial charge on any atom is -0.491 e. The Balaban J connectivity index is 2.69. The lowest BCUT2D eigenvalue weighted by Gasteiger charge is -2.24. The molecule has 0 aromatic heterocycles. The zero-order valence-corrected chi connectivity index (χ0v) is 13.5. The monoisotopic (exact) mass is 331 g/mol. The summed E-state index contributed by atoms with van der Waals surface area (Å²) in [6, 6.07) is 0.895. The zero-order chi connectivity index (χ0) is 17.8. The van der Waals surface area contributed by atoms with E-state index >= 15 is 0 Å². The number of benzene rings is 1. The molecule has 1 aromatic rings. The molecule has 3 amide bonds. The summed E-state index contributed by atoms with van der Waals surface area (Å²) in [6.07, 6.45) is -0.792. The maximum absolute atomic E-state index is 13.5. The highest BCUT2D eigenvalue weighted by Crippen LogP contribution is 2.25. The molecule has 0 saturated heterocycles. The molecule has 0 bridgehead atoms. The van der Waals surface area contributed by atoms with Crippen LogP contribution in [-0.2, 0) is 4.74 Å². The second kappa shape index (κ2) is 7.12. The van der Waals surface area contributed by atoms with Crippen molar-refractivity contribution in [3.63, 3.8) is 0 Å². The van der Waals surface area contributed by atoms with Crippen LogP contribution in [0.15, 0.2) is 12.1 Å². The normalized spacial score (nSPS) is 10.7. The first-order valence-corrected chi connectivity index (χ1v) is 6.61. The van der Waals surface area contributed by atoms with Crippen molar-refractivity contribution in [2.45, 2.75) is 26.4 Å². The SMILES string of the molecule is COc1c(F)cc(NC(=O)NN(C)C(=O)OC(C)(C)C)cc1F. The van der Waals surface area contributed by atoms with Gasteiger partial charge in [0.25, 0.3) is 0 Å². The van der Waals surface area contributed by atoms with E-state index in [0.717, 1.165) is 24.3 Å². The average molecular weight is 331 g/mol. The molecule has 1 rings (SSSR count). The number of rotatable bonds is 2. The Kier molecular flexibility index (Phi) is 5.72. The second-order valence-corrected chi connectivity index (χ2v) is 5.58. The molecule has 0 aliphatic rings. The Morgan fingerprint density at radius 1 is 1.17 bits per heavy atom. The molecule has 0 saturated carbocycles. The Labute approximate surface area is 132 Å². The number of nitrogens with one attached hydrogen (secondary N) is 2. The van der Waals surface area contributed by atoms with Gasteiger partial charge in [-0.25, -0.2) is 28.8 Å². The van der Waals surface area contributed by atoms with Crippen molar-refractivity contribution in [2.24, 2.45) is 0 Å². The lowest BCUT2D eigenvalue weighted by molar-refractivity contribution is 0.0234. The van der Waals surface area contributed by atoms with Crippen molar-refractivity contribution in [3.8, 4) is 5.75 Å². The highest BCUT2D eigenvalue weighted by atomic mass is 19.1. The molecular weight excluding hydrogens is 312 g/mol. The van der Waals surface area contributed by atoms with E-state index in [1.54, 1.807) is 20.8 Å². The first-order valence-electron chi connectivity index (χ1n) is 6.61. The van der Waals surface area contributed by atoms with Crippen molar-refractivity contribution in [1.82, 2.24) is 10.4 Å². The minimum absolute atomic E-state index is 0.143. The van der Waals surface area contributed by atoms with Gasteiger partial charge in [0.1, 0.15) is 5.60 Å². The molecule has 0 atom stereocenters. The summed E-state index contributed by atoms with van der Waals surface area (Å²) in [7, 11) is 2.39. The van der Waals surface area contributed by atoms with Crippen LogP contribution in [-0.4, -0.2) is 36.9 Å². The van der Waals surface area contributed by atoms with Crippen LogP contribution in [0.4, 0.5) is 24.1 Å². The van der Waals surface area contributed by atoms with Crippen molar-refractivity contribution < 1.29 is 27.8 Å². The summed E-state index contributed by atoms with van der Waals surface area (Å²) >= 11 is 0. The largest absolute Gasteiger partial charge is 0.491 e. The van der Waals surface area contributed by atoms with Crippen LogP contribution in [0.5, 0.6) is 5.75 Å². The highest BCUT2D eigenvalue weighted by molar-refractivity contribution is 5.90. The fourth-order valence-corrected chi connectivity index (χ4v) is 1.51. The van der Waals surface area contributed by atoms with Gasteiger partial charge < -0.3 is 14.8 Å². The number of ether oxygens (including phenoxy) is 2. The molecule has 23 heavy (non-hydrogen) atoms. The Morgan fingerprint density at radius 3 is 2.13 bits per heavy atom. The third kappa shape index (κ3) is 5.61. The van der Waals surface area contributed by atoms with E-state index in [9.17, 15) is 18.4 Å². The number of nitrogens with zero attached hydrogens (tertiary/aromatic N) is 1. The van der Waals surface area contributed by atoms with E-state index in [1.165, 1.54) is 7.05 Å². The molecule has 0 heterocycles. The van der Waals surface area contributed by atoms with E-state index in [0.29, 0.717) is 0 Å². The summed E-state index contributed by atoms with van der Waals surface area (Å²) in [5, 5.41) is 2.99. The van der Waals surface area contributed by atoms with Crippen molar-refractivity contribution in [3.05, 3.63) is 23.8 Å². The van der Waals surface area contributed by atoms with Gasteiger partial charge in [0.05, 0.1) is 7.11 Å². The second-order valence-electron chi connectivity index (χ2n) is 5.58. The number of methoxy groups -OCH3 is 1. The number of carbonyl (C=O) groups is 2. The molecule has 7 nitrogen and oxygen atoms in total. The van der Waals surface area contributed by atoms with Crippen LogP contribution in [0.1, 0.15) is 20.8 Å². The smallest absolute Gasteiger partial charge is 0.428 e. The van der Waals surface area contributed by atoms with Gasteiger partial charge in [-0.15, -0.1) is 0 Å². The molecule has 128 valence electrons. The molecule has 2 N–H and O–H groups in total. The summed E-state index contributed by atoms with van der Waals surface area (Å²) in [5.41, 5.74) is 1.28. The third-order valence-electron chi connectivity index (χ3n) is 2.40. The minimum atomic E-state index is -0.969. The lowest BCUT2D eigenvalue weighted by Crippen LogP contribution is -2.47. The predicted octanol–water partition coefficient (Wildman–Crippen LogP) is 2.88. The molecule has 0 radical (unpaired) electrons. The van der Waals surface area contributed by atoms with E-state index in [4.69, 9.17) is 4.74 Å². The summed E-state index contributed by atoms with van der Waals surface area (Å²) in [4.78, 5) is 23.4. The number of anilines is 1. The molecule has 0 fully saturated rings. The Morgan fingerprint density at radius 2 is 1.70 bits per heavy atom. The van der Waals surface area contributed by atoms with Gasteiger partial charge in [-0.1, -0.05) is 0 Å². The Bertz CT molecular complexity index is 579. The quantitative estimate of drug-likeness (QED) is 0.817. The molecule has 0 aliphatic carbocycles. The number of halogens is 2. The molecule has 9 heteroatoms. The molecule has 0 spiro atoms. The van der Waals surface area contributed by atoms with E-state index < -0.39 is 35.1 Å². The summed E-state index contributed by atoms with van der Waals surface area (Å²) in [6.45, 7) is 5.01. The molecule has 0 aliphatic heterocycles. The van der Waals surface area contributed by atoms with Crippen LogP contribution in [0, 0.1) is 11.6 Å². The van der Waals surface area contributed by atoms with Gasteiger partial charge in [0.15, 0.2) is 17.4 Å². The standard InChI is InChI=1S/C14H19F2N3O4/c1-14(2,3)23-13(21)19(4)18-12(20)17-8-6-9(15)11(22-5)10(16)7-8/h6-7H,1-5H3,(H2,17,18,20). The molecular formula is C14H19F2N3O4. The lowest BCUT2D eigenvalue weighted by atomic mass is 10.2. The predicted molar refractivity (Wildman–Crippen MR) is 79.1 cm³/mol. The van der Waals surface area contributed by atoms with E-state index in [-0.39, 0.29) is 5.69 Å². The van der Waals surface area contributed by atoms with Crippen LogP contribution >= 0.6 is 0 Å². The van der Waals surface area contributed by atoms with Crippen LogP contribution in [0.3, 0.4) is 0 Å². The number of carbonyl (C=O) groups excluding carboxylic acids is 2. The average Bonchev–Trinajstić information content (AvgIpc) is 2.35. The van der Waals surface area contributed by atoms with Gasteiger partial charge >= 0.3 is 12.1 Å². The maximum atomic E-state index is 13.5. The van der Waals surface area contributed by atoms with Gasteiger partial charge in [-0.3, -0.25) is 0 Å². The van der Waals surface area contributed by atoms with Gasteiger partial charge in [0.2, 0.25) is 0 Å². The molecule has 0 unspecified atom stereocenters. The summed E-state index contributed by atoms with van der Waals surface area (Å²) < 4.78 is 36.6. The highest BCUT2D eigenvalue weighted by Gasteiger charge is 2.21. The van der Waals surface area contributed by atoms with Crippen LogP contribution in [0.25, 0.3) is 0 Å². The first-order chi connectivity index (χ1) is 10.5. The number of urea groups is 1. The molecule has 1 aromatic carbocycles. The number of amides is 3. The maximum Gasteiger partial charge on any atom is 0.428 e. The zero-order valence-electron chi connectivity index (χ0n) is 13.5. The van der Waals surface area contributed by atoms with Gasteiger partial charge in [-0.05, 0) is 20.8 Å². The van der Waals surface area contributed by atoms with E-state index in [1.807, 2.05) is 0 Å². The van der Waals surface area contributed by atoms with Crippen molar-refractivity contribution in [2.75, 3.05) is 19.5 Å². The van der Waals surface area contributed by atoms with Crippen molar-refractivity contribution in [1.29, 1.82) is 0 Å².